The van der Waals surface area contributed by atoms with Gasteiger partial charge in [-0.15, -0.1) is 0 Å². The van der Waals surface area contributed by atoms with E-state index in [2.05, 4.69) is 4.98 Å². The van der Waals surface area contributed by atoms with Gasteiger partial charge in [-0.3, -0.25) is 10.7 Å². The van der Waals surface area contributed by atoms with Gasteiger partial charge < -0.3 is 4.57 Å². The van der Waals surface area contributed by atoms with Crippen LogP contribution in [0.25, 0.3) is 0 Å². The summed E-state index contributed by atoms with van der Waals surface area (Å²) in [4.78, 5) is 14.1. The largest absolute Gasteiger partial charge is 0.349 e. The Balaban J connectivity index is 3.17. The number of nitrogens with one attached hydrogen (secondary N) is 1. The summed E-state index contributed by atoms with van der Waals surface area (Å²) in [5, 5.41) is 8.29. The second kappa shape index (κ2) is 2.49. The van der Waals surface area contributed by atoms with E-state index in [9.17, 15) is 4.79 Å². The molecular formula is C5H7N3O2. The molecule has 5 nitrogen and oxygen atoms in total. The van der Waals surface area contributed by atoms with E-state index in [1.54, 1.807) is 12.5 Å². The molecule has 1 aromatic rings. The number of hydrogen-bond donors (Lipinski definition) is 2. The fourth-order valence-electron chi connectivity index (χ4n) is 0.528. The quantitative estimate of drug-likeness (QED) is 0.521. The van der Waals surface area contributed by atoms with Gasteiger partial charge in [-0.2, -0.15) is 4.98 Å². The highest BCUT2D eigenvalue weighted by Crippen LogP contribution is 1.92. The van der Waals surface area contributed by atoms with Crippen LogP contribution in [0.1, 0.15) is 0 Å². The Morgan fingerprint density at radius 1 is 1.80 bits per heavy atom. The molecule has 0 amide bonds. The van der Waals surface area contributed by atoms with Crippen LogP contribution in [0.5, 0.6) is 0 Å². The predicted molar refractivity (Wildman–Crippen MR) is 34.9 cm³/mol. The maximum atomic E-state index is 10.7. The highest BCUT2D eigenvalue weighted by molar-refractivity contribution is 5.27. The van der Waals surface area contributed by atoms with E-state index in [0.29, 0.717) is 0 Å². The van der Waals surface area contributed by atoms with E-state index in [0.717, 1.165) is 0 Å². The zero-order chi connectivity index (χ0) is 7.56. The zero-order valence-electron chi connectivity index (χ0n) is 5.40. The number of hydrogen-bond acceptors (Lipinski definition) is 4. The average Bonchev–Trinajstić information content (AvgIpc) is 1.95. The third-order valence-electron chi connectivity index (χ3n) is 1.09. The molecule has 0 fully saturated rings. The normalized spacial score (nSPS) is 9.40. The fraction of sp³-hybridized carbons (Fsp3) is 0.200. The molecule has 0 aliphatic carbocycles. The van der Waals surface area contributed by atoms with Gasteiger partial charge in [0.05, 0.1) is 0 Å². The molecule has 0 aliphatic heterocycles. The van der Waals surface area contributed by atoms with Crippen LogP contribution in [-0.4, -0.2) is 14.8 Å². The molecule has 54 valence electrons. The minimum Gasteiger partial charge on any atom is -0.302 e. The third-order valence-corrected chi connectivity index (χ3v) is 1.09. The molecule has 1 rings (SSSR count). The molecule has 5 heteroatoms. The summed E-state index contributed by atoms with van der Waals surface area (Å²) in [6.07, 6.45) is 1.51. The van der Waals surface area contributed by atoms with E-state index in [4.69, 9.17) is 5.21 Å². The minimum absolute atomic E-state index is 0.156. The Labute approximate surface area is 56.9 Å². The maximum absolute atomic E-state index is 10.7. The lowest BCUT2D eigenvalue weighted by molar-refractivity contribution is 0.385. The Bertz CT molecular complexity index is 280. The van der Waals surface area contributed by atoms with E-state index < -0.39 is 5.69 Å². The zero-order valence-corrected chi connectivity index (χ0v) is 5.40. The van der Waals surface area contributed by atoms with Gasteiger partial charge in [0.2, 0.25) is 0 Å². The fourth-order valence-corrected chi connectivity index (χ4v) is 0.528. The number of aromatic nitrogens is 2. The molecule has 2 N–H and O–H groups in total. The van der Waals surface area contributed by atoms with Gasteiger partial charge >= 0.3 is 5.69 Å². The summed E-state index contributed by atoms with van der Waals surface area (Å²) in [5.41, 5.74) is 1.37. The first-order valence-electron chi connectivity index (χ1n) is 2.68. The predicted octanol–water partition coefficient (Wildman–Crippen LogP) is -0.419. The van der Waals surface area contributed by atoms with Gasteiger partial charge in [0, 0.05) is 13.2 Å². The van der Waals surface area contributed by atoms with Crippen LogP contribution in [0.4, 0.5) is 5.82 Å². The van der Waals surface area contributed by atoms with E-state index >= 15 is 0 Å². The molecule has 0 saturated carbocycles. The summed E-state index contributed by atoms with van der Waals surface area (Å²) < 4.78 is 1.31. The Hall–Kier alpha value is -1.36. The molecule has 0 radical (unpaired) electrons. The summed E-state index contributed by atoms with van der Waals surface area (Å²) >= 11 is 0. The van der Waals surface area contributed by atoms with Crippen LogP contribution in [0.2, 0.25) is 0 Å². The molecule has 0 aliphatic rings. The summed E-state index contributed by atoms with van der Waals surface area (Å²) in [5.74, 6) is 0.156. The van der Waals surface area contributed by atoms with Crippen molar-refractivity contribution in [1.82, 2.24) is 9.55 Å². The topological polar surface area (TPSA) is 67.2 Å². The van der Waals surface area contributed by atoms with Gasteiger partial charge in [-0.25, -0.2) is 4.79 Å². The van der Waals surface area contributed by atoms with Crippen LogP contribution in [0, 0.1) is 0 Å². The molecule has 0 atom stereocenters. The first-order valence-corrected chi connectivity index (χ1v) is 2.68. The van der Waals surface area contributed by atoms with Crippen molar-refractivity contribution in [1.29, 1.82) is 0 Å². The number of nitrogens with zero attached hydrogens (tertiary/aromatic N) is 2. The first kappa shape index (κ1) is 6.76. The lowest BCUT2D eigenvalue weighted by atomic mass is 10.6. The van der Waals surface area contributed by atoms with Crippen molar-refractivity contribution in [2.24, 2.45) is 7.05 Å². The first-order chi connectivity index (χ1) is 4.74. The summed E-state index contributed by atoms with van der Waals surface area (Å²) in [6, 6.07) is 1.49. The summed E-state index contributed by atoms with van der Waals surface area (Å²) in [7, 11) is 1.58. The Morgan fingerprint density at radius 3 is 3.00 bits per heavy atom. The van der Waals surface area contributed by atoms with E-state index in [1.165, 1.54) is 16.8 Å². The summed E-state index contributed by atoms with van der Waals surface area (Å²) in [6.45, 7) is 0. The van der Waals surface area contributed by atoms with Crippen molar-refractivity contribution in [2.45, 2.75) is 0 Å². The van der Waals surface area contributed by atoms with Crippen molar-refractivity contribution in [3.8, 4) is 0 Å². The number of rotatable bonds is 1. The minimum atomic E-state index is -0.404. The standard InChI is InChI=1S/C5H7N3O2/c1-8-3-2-4(7-10)6-5(8)9/h2-3,10H,1H3,(H,6,7,9). The van der Waals surface area contributed by atoms with Crippen LogP contribution in [0.15, 0.2) is 17.1 Å². The smallest absolute Gasteiger partial charge is 0.302 e. The Kier molecular flexibility index (Phi) is 1.68. The molecule has 1 aromatic heterocycles. The van der Waals surface area contributed by atoms with Crippen LogP contribution in [-0.2, 0) is 7.05 Å². The van der Waals surface area contributed by atoms with Gasteiger partial charge in [-0.05, 0) is 6.07 Å². The van der Waals surface area contributed by atoms with Crippen LogP contribution < -0.4 is 11.2 Å². The van der Waals surface area contributed by atoms with Crippen molar-refractivity contribution in [3.63, 3.8) is 0 Å². The van der Waals surface area contributed by atoms with Crippen molar-refractivity contribution >= 4 is 5.82 Å². The molecule has 0 unspecified atom stereocenters. The molecular weight excluding hydrogens is 134 g/mol. The average molecular weight is 141 g/mol. The van der Waals surface area contributed by atoms with Gasteiger partial charge in [0.25, 0.3) is 0 Å². The number of anilines is 1. The molecule has 1 heterocycles. The molecule has 0 saturated heterocycles. The monoisotopic (exact) mass is 141 g/mol. The van der Waals surface area contributed by atoms with E-state index in [-0.39, 0.29) is 5.82 Å². The van der Waals surface area contributed by atoms with Crippen molar-refractivity contribution in [2.75, 3.05) is 5.48 Å². The van der Waals surface area contributed by atoms with Gasteiger partial charge in [-0.1, -0.05) is 0 Å². The lowest BCUT2D eigenvalue weighted by Gasteiger charge is -1.96. The van der Waals surface area contributed by atoms with Gasteiger partial charge in [0.1, 0.15) is 0 Å². The highest BCUT2D eigenvalue weighted by Gasteiger charge is 1.92. The SMILES string of the molecule is Cn1ccc(NO)nc1=O. The highest BCUT2D eigenvalue weighted by atomic mass is 16.5. The van der Waals surface area contributed by atoms with E-state index in [1.807, 2.05) is 0 Å². The van der Waals surface area contributed by atoms with Crippen molar-refractivity contribution < 1.29 is 5.21 Å². The van der Waals surface area contributed by atoms with Crippen LogP contribution >= 0.6 is 0 Å². The number of aryl methyl sites for hydroxylation is 1. The molecule has 0 spiro atoms. The maximum Gasteiger partial charge on any atom is 0.349 e. The van der Waals surface area contributed by atoms with Crippen molar-refractivity contribution in [3.05, 3.63) is 22.7 Å². The lowest BCUT2D eigenvalue weighted by Crippen LogP contribution is -2.19. The second-order valence-corrected chi connectivity index (χ2v) is 1.82. The molecule has 0 aromatic carbocycles. The third kappa shape index (κ3) is 1.14. The van der Waals surface area contributed by atoms with Crippen LogP contribution in [0.3, 0.4) is 0 Å². The molecule has 10 heavy (non-hydrogen) atoms. The Morgan fingerprint density at radius 2 is 2.50 bits per heavy atom. The van der Waals surface area contributed by atoms with Gasteiger partial charge in [0.15, 0.2) is 5.82 Å². The second-order valence-electron chi connectivity index (χ2n) is 1.82. The molecule has 0 bridgehead atoms.